The molecule has 0 unspecified atom stereocenters. The number of hydrogen-bond donors (Lipinski definition) is 2. The summed E-state index contributed by atoms with van der Waals surface area (Å²) in [6.07, 6.45) is 1.97. The quantitative estimate of drug-likeness (QED) is 0.433. The van der Waals surface area contributed by atoms with E-state index in [4.69, 9.17) is 26.3 Å². The third kappa shape index (κ3) is 4.23. The van der Waals surface area contributed by atoms with Crippen molar-refractivity contribution in [2.24, 2.45) is 11.7 Å². The molecule has 0 atom stereocenters. The lowest BCUT2D eigenvalue weighted by Crippen LogP contribution is -2.43. The summed E-state index contributed by atoms with van der Waals surface area (Å²) in [5, 5.41) is 5.83. The van der Waals surface area contributed by atoms with E-state index in [0.717, 1.165) is 73.4 Å². The summed E-state index contributed by atoms with van der Waals surface area (Å²) >= 11 is 0. The van der Waals surface area contributed by atoms with E-state index in [2.05, 4.69) is 11.0 Å². The maximum Gasteiger partial charge on any atom is 0.254 e. The number of fused-ring (bicyclic) bond motifs is 1. The van der Waals surface area contributed by atoms with E-state index in [1.165, 1.54) is 0 Å². The summed E-state index contributed by atoms with van der Waals surface area (Å²) in [4.78, 5) is 19.8. The third-order valence-electron chi connectivity index (χ3n) is 7.41. The summed E-state index contributed by atoms with van der Waals surface area (Å²) in [5.74, 6) is 0.376. The Kier molecular flexibility index (Phi) is 5.91. The molecule has 1 saturated heterocycles. The minimum Gasteiger partial charge on any atom is -0.383 e. The molecule has 2 aromatic carbocycles. The van der Waals surface area contributed by atoms with Crippen molar-refractivity contribution < 1.29 is 9.53 Å². The predicted molar refractivity (Wildman–Crippen MR) is 140 cm³/mol. The molecule has 0 spiro atoms. The van der Waals surface area contributed by atoms with Crippen LogP contribution in [0, 0.1) is 5.92 Å². The third-order valence-corrected chi connectivity index (χ3v) is 7.41. The van der Waals surface area contributed by atoms with E-state index in [1.54, 1.807) is 0 Å². The summed E-state index contributed by atoms with van der Waals surface area (Å²) in [6.45, 7) is 4.66. The van der Waals surface area contributed by atoms with Gasteiger partial charge in [0.2, 0.25) is 0 Å². The Balaban J connectivity index is 1.29. The maximum absolute atomic E-state index is 12.4. The molecule has 184 valence electrons. The highest BCUT2D eigenvalue weighted by Gasteiger charge is 2.35. The van der Waals surface area contributed by atoms with Crippen molar-refractivity contribution in [3.63, 3.8) is 0 Å². The highest BCUT2D eigenvalue weighted by atomic mass is 16.5. The van der Waals surface area contributed by atoms with E-state index in [-0.39, 0.29) is 11.6 Å². The van der Waals surface area contributed by atoms with Crippen LogP contribution in [-0.4, -0.2) is 58.4 Å². The van der Waals surface area contributed by atoms with Gasteiger partial charge in [0.05, 0.1) is 30.5 Å². The average Bonchev–Trinajstić information content (AvgIpc) is 3.23. The number of ether oxygens (including phenoxy) is 1. The summed E-state index contributed by atoms with van der Waals surface area (Å²) in [7, 11) is 0. The summed E-state index contributed by atoms with van der Waals surface area (Å²) < 4.78 is 7.26. The van der Waals surface area contributed by atoms with Crippen molar-refractivity contribution in [1.82, 2.24) is 19.7 Å². The van der Waals surface area contributed by atoms with Crippen molar-refractivity contribution >= 4 is 22.6 Å². The van der Waals surface area contributed by atoms with Crippen molar-refractivity contribution in [1.29, 1.82) is 0 Å². The molecule has 4 aromatic rings. The predicted octanol–water partition coefficient (Wildman–Crippen LogP) is 3.73. The topological polar surface area (TPSA) is 112 Å². The molecule has 0 radical (unpaired) electrons. The molecule has 0 bridgehead atoms. The summed E-state index contributed by atoms with van der Waals surface area (Å²) in [6, 6.07) is 20.2. The molecular formula is C28H30N6O2. The average molecular weight is 483 g/mol. The Morgan fingerprint density at radius 3 is 2.50 bits per heavy atom. The number of pyridine rings is 1. The number of nitrogens with zero attached hydrogens (tertiary/aromatic N) is 4. The molecular weight excluding hydrogens is 452 g/mol. The highest BCUT2D eigenvalue weighted by molar-refractivity contribution is 6.04. The first-order chi connectivity index (χ1) is 17.6. The van der Waals surface area contributed by atoms with E-state index in [0.29, 0.717) is 17.4 Å². The van der Waals surface area contributed by atoms with Crippen LogP contribution in [-0.2, 0) is 4.74 Å². The zero-order valence-corrected chi connectivity index (χ0v) is 20.1. The SMILES string of the molecule is NC(=O)c1c(-c2ccc3ccc(-c4ccccc4)nc3c2)nn([C@H]2C[C@H](CN3CCOCC3)C2)c1N. The number of carbonyl (C=O) groups excluding carboxylic acids is 1. The second-order valence-corrected chi connectivity index (χ2v) is 9.79. The van der Waals surface area contributed by atoms with Gasteiger partial charge in [-0.05, 0) is 30.9 Å². The number of rotatable bonds is 6. The molecule has 1 saturated carbocycles. The van der Waals surface area contributed by atoms with E-state index < -0.39 is 5.91 Å². The highest BCUT2D eigenvalue weighted by Crippen LogP contribution is 2.41. The molecule has 36 heavy (non-hydrogen) atoms. The fourth-order valence-corrected chi connectivity index (χ4v) is 5.40. The van der Waals surface area contributed by atoms with Crippen LogP contribution < -0.4 is 11.5 Å². The Morgan fingerprint density at radius 1 is 1.00 bits per heavy atom. The zero-order chi connectivity index (χ0) is 24.6. The van der Waals surface area contributed by atoms with Crippen LogP contribution >= 0.6 is 0 Å². The zero-order valence-electron chi connectivity index (χ0n) is 20.1. The maximum atomic E-state index is 12.4. The van der Waals surface area contributed by atoms with Crippen LogP contribution in [0.3, 0.4) is 0 Å². The molecule has 8 heteroatoms. The van der Waals surface area contributed by atoms with Gasteiger partial charge in [-0.25, -0.2) is 9.67 Å². The smallest absolute Gasteiger partial charge is 0.254 e. The fourth-order valence-electron chi connectivity index (χ4n) is 5.40. The number of aromatic nitrogens is 3. The lowest BCUT2D eigenvalue weighted by Gasteiger charge is -2.39. The molecule has 1 aliphatic heterocycles. The van der Waals surface area contributed by atoms with Gasteiger partial charge in [-0.3, -0.25) is 9.69 Å². The first kappa shape index (κ1) is 22.7. The van der Waals surface area contributed by atoms with Crippen LogP contribution in [0.4, 0.5) is 5.82 Å². The lowest BCUT2D eigenvalue weighted by atomic mass is 9.80. The van der Waals surface area contributed by atoms with Crippen LogP contribution in [0.1, 0.15) is 29.2 Å². The van der Waals surface area contributed by atoms with E-state index in [1.807, 2.05) is 59.3 Å². The van der Waals surface area contributed by atoms with Crippen LogP contribution in [0.5, 0.6) is 0 Å². The monoisotopic (exact) mass is 482 g/mol. The normalized spacial score (nSPS) is 20.3. The number of anilines is 1. The second kappa shape index (κ2) is 9.37. The number of benzene rings is 2. The molecule has 2 fully saturated rings. The van der Waals surface area contributed by atoms with E-state index in [9.17, 15) is 4.79 Å². The number of morpholine rings is 1. The Hall–Kier alpha value is -3.75. The van der Waals surface area contributed by atoms with Gasteiger partial charge in [0.1, 0.15) is 17.1 Å². The number of nitrogens with two attached hydrogens (primary N) is 2. The van der Waals surface area contributed by atoms with Gasteiger partial charge in [0.15, 0.2) is 0 Å². The van der Waals surface area contributed by atoms with Gasteiger partial charge in [0, 0.05) is 36.1 Å². The van der Waals surface area contributed by atoms with Gasteiger partial charge < -0.3 is 16.2 Å². The molecule has 1 aliphatic carbocycles. The minimum absolute atomic E-state index is 0.172. The molecule has 8 nitrogen and oxygen atoms in total. The molecule has 2 aromatic heterocycles. The number of hydrogen-bond acceptors (Lipinski definition) is 6. The van der Waals surface area contributed by atoms with Crippen molar-refractivity contribution in [3.05, 3.63) is 66.2 Å². The second-order valence-electron chi connectivity index (χ2n) is 9.79. The van der Waals surface area contributed by atoms with Gasteiger partial charge in [0.25, 0.3) is 5.91 Å². The van der Waals surface area contributed by atoms with Crippen molar-refractivity contribution in [2.45, 2.75) is 18.9 Å². The minimum atomic E-state index is -0.566. The first-order valence-corrected chi connectivity index (χ1v) is 12.5. The number of carbonyl (C=O) groups is 1. The van der Waals surface area contributed by atoms with E-state index >= 15 is 0 Å². The molecule has 4 N–H and O–H groups in total. The number of primary amides is 1. The van der Waals surface area contributed by atoms with Crippen LogP contribution in [0.2, 0.25) is 0 Å². The number of nitrogen functional groups attached to an aromatic ring is 1. The first-order valence-electron chi connectivity index (χ1n) is 12.5. The van der Waals surface area contributed by atoms with Gasteiger partial charge in [-0.15, -0.1) is 0 Å². The molecule has 1 amide bonds. The van der Waals surface area contributed by atoms with Crippen molar-refractivity contribution in [3.8, 4) is 22.5 Å². The fraction of sp³-hybridized carbons (Fsp3) is 0.321. The molecule has 3 heterocycles. The standard InChI is InChI=1S/C28H30N6O2/c29-27-25(28(30)35)26(32-34(27)22-14-18(15-22)17-33-10-12-36-13-11-33)21-7-6-20-8-9-23(31-24(20)16-21)19-4-2-1-3-5-19/h1-9,16,18,22H,10-15,17,29H2,(H2,30,35)/t18-,22-. The van der Waals surface area contributed by atoms with Crippen LogP contribution in [0.15, 0.2) is 60.7 Å². The summed E-state index contributed by atoms with van der Waals surface area (Å²) in [5.41, 5.74) is 16.6. The van der Waals surface area contributed by atoms with Crippen LogP contribution in [0.25, 0.3) is 33.4 Å². The Bertz CT molecular complexity index is 1400. The van der Waals surface area contributed by atoms with Gasteiger partial charge >= 0.3 is 0 Å². The Labute approximate surface area is 209 Å². The molecule has 6 rings (SSSR count). The van der Waals surface area contributed by atoms with Gasteiger partial charge in [-0.2, -0.15) is 5.10 Å². The Morgan fingerprint density at radius 2 is 1.75 bits per heavy atom. The van der Waals surface area contributed by atoms with Crippen molar-refractivity contribution in [2.75, 3.05) is 38.6 Å². The number of amides is 1. The van der Waals surface area contributed by atoms with Gasteiger partial charge in [-0.1, -0.05) is 48.5 Å². The largest absolute Gasteiger partial charge is 0.383 e. The lowest BCUT2D eigenvalue weighted by molar-refractivity contribution is 0.0172. The molecule has 2 aliphatic rings.